The van der Waals surface area contributed by atoms with Crippen LogP contribution in [-0.4, -0.2) is 19.8 Å². The first-order valence-electron chi connectivity index (χ1n) is 5.83. The van der Waals surface area contributed by atoms with Crippen LogP contribution in [0.5, 0.6) is 0 Å². The lowest BCUT2D eigenvalue weighted by molar-refractivity contribution is 0.0699. The van der Waals surface area contributed by atoms with Gasteiger partial charge in [0.25, 0.3) is 0 Å². The van der Waals surface area contributed by atoms with E-state index in [0.29, 0.717) is 0 Å². The normalized spacial score (nSPS) is 17.4. The third-order valence-electron chi connectivity index (χ3n) is 2.98. The van der Waals surface area contributed by atoms with Crippen LogP contribution in [0.1, 0.15) is 18.4 Å². The van der Waals surface area contributed by atoms with E-state index in [-0.39, 0.29) is 0 Å². The molecule has 1 aliphatic heterocycles. The predicted octanol–water partition coefficient (Wildman–Crippen LogP) is 3.60. The Labute approximate surface area is 106 Å². The van der Waals surface area contributed by atoms with Crippen LogP contribution >= 0.6 is 15.9 Å². The fourth-order valence-electron chi connectivity index (χ4n) is 2.05. The van der Waals surface area contributed by atoms with Crippen LogP contribution in [0.3, 0.4) is 0 Å². The molecule has 0 radical (unpaired) electrons. The van der Waals surface area contributed by atoms with E-state index in [1.54, 1.807) is 0 Å². The molecule has 0 aliphatic carbocycles. The molecule has 0 spiro atoms. The van der Waals surface area contributed by atoms with E-state index in [1.165, 1.54) is 24.1 Å². The van der Waals surface area contributed by atoms with Crippen molar-refractivity contribution in [2.75, 3.05) is 25.1 Å². The van der Waals surface area contributed by atoms with Crippen molar-refractivity contribution in [2.45, 2.75) is 19.8 Å². The molecule has 1 N–H and O–H groups in total. The first kappa shape index (κ1) is 11.9. The second-order valence-electron chi connectivity index (χ2n) is 4.45. The Morgan fingerprint density at radius 2 is 2.06 bits per heavy atom. The lowest BCUT2D eigenvalue weighted by atomic mass is 10.0. The van der Waals surface area contributed by atoms with Gasteiger partial charge >= 0.3 is 0 Å². The first-order chi connectivity index (χ1) is 7.74. The third-order valence-corrected chi connectivity index (χ3v) is 3.44. The zero-order valence-corrected chi connectivity index (χ0v) is 11.2. The van der Waals surface area contributed by atoms with Crippen molar-refractivity contribution in [1.82, 2.24) is 0 Å². The van der Waals surface area contributed by atoms with Crippen LogP contribution in [0.2, 0.25) is 0 Å². The van der Waals surface area contributed by atoms with Crippen molar-refractivity contribution in [1.29, 1.82) is 0 Å². The highest BCUT2D eigenvalue weighted by molar-refractivity contribution is 9.10. The molecule has 1 fully saturated rings. The van der Waals surface area contributed by atoms with E-state index in [1.807, 2.05) is 0 Å². The number of nitrogens with one attached hydrogen (secondary N) is 1. The van der Waals surface area contributed by atoms with Crippen LogP contribution in [-0.2, 0) is 4.74 Å². The monoisotopic (exact) mass is 283 g/mol. The molecule has 88 valence electrons. The highest BCUT2D eigenvalue weighted by Crippen LogP contribution is 2.21. The van der Waals surface area contributed by atoms with Gasteiger partial charge in [-0.05, 0) is 49.4 Å². The van der Waals surface area contributed by atoms with E-state index in [4.69, 9.17) is 4.74 Å². The fraction of sp³-hybridized carbons (Fsp3) is 0.538. The number of rotatable bonds is 3. The van der Waals surface area contributed by atoms with Gasteiger partial charge in [-0.1, -0.05) is 15.9 Å². The van der Waals surface area contributed by atoms with Crippen LogP contribution in [0, 0.1) is 12.8 Å². The van der Waals surface area contributed by atoms with Crippen molar-refractivity contribution in [3.05, 3.63) is 28.2 Å². The number of ether oxygens (including phenoxy) is 1. The smallest absolute Gasteiger partial charge is 0.0469 e. The molecule has 0 atom stereocenters. The number of hydrogen-bond donors (Lipinski definition) is 1. The number of halogens is 1. The number of anilines is 1. The van der Waals surface area contributed by atoms with Crippen LogP contribution in [0.15, 0.2) is 22.7 Å². The number of hydrogen-bond acceptors (Lipinski definition) is 2. The fourth-order valence-corrected chi connectivity index (χ4v) is 2.66. The lowest BCUT2D eigenvalue weighted by Gasteiger charge is -2.22. The summed E-state index contributed by atoms with van der Waals surface area (Å²) in [6.45, 7) is 5.01. The van der Waals surface area contributed by atoms with Gasteiger partial charge in [-0.2, -0.15) is 0 Å². The van der Waals surface area contributed by atoms with E-state index < -0.39 is 0 Å². The summed E-state index contributed by atoms with van der Waals surface area (Å²) in [6.07, 6.45) is 2.36. The van der Waals surface area contributed by atoms with Gasteiger partial charge in [0.1, 0.15) is 0 Å². The SMILES string of the molecule is Cc1cc(Br)cc(NCC2CCOCC2)c1. The first-order valence-corrected chi connectivity index (χ1v) is 6.62. The largest absolute Gasteiger partial charge is 0.385 e. The molecule has 3 heteroatoms. The minimum atomic E-state index is 0.757. The van der Waals surface area contributed by atoms with Crippen LogP contribution < -0.4 is 5.32 Å². The minimum Gasteiger partial charge on any atom is -0.385 e. The van der Waals surface area contributed by atoms with E-state index >= 15 is 0 Å². The van der Waals surface area contributed by atoms with E-state index in [0.717, 1.165) is 30.1 Å². The average molecular weight is 284 g/mol. The number of aryl methyl sites for hydroxylation is 1. The minimum absolute atomic E-state index is 0.757. The molecule has 1 saturated heterocycles. The molecule has 0 unspecified atom stereocenters. The van der Waals surface area contributed by atoms with Gasteiger partial charge in [0, 0.05) is 29.9 Å². The van der Waals surface area contributed by atoms with Crippen LogP contribution in [0.25, 0.3) is 0 Å². The molecule has 1 aromatic rings. The van der Waals surface area contributed by atoms with Crippen LogP contribution in [0.4, 0.5) is 5.69 Å². The standard InChI is InChI=1S/C13H18BrNO/c1-10-6-12(14)8-13(7-10)15-9-11-2-4-16-5-3-11/h6-8,11,15H,2-5,9H2,1H3. The average Bonchev–Trinajstić information content (AvgIpc) is 2.27. The summed E-state index contributed by atoms with van der Waals surface area (Å²) in [5.41, 5.74) is 2.49. The molecule has 1 aromatic carbocycles. The quantitative estimate of drug-likeness (QED) is 0.915. The topological polar surface area (TPSA) is 21.3 Å². The maximum atomic E-state index is 5.35. The van der Waals surface area contributed by atoms with Gasteiger partial charge in [0.2, 0.25) is 0 Å². The molecule has 2 nitrogen and oxygen atoms in total. The summed E-state index contributed by atoms with van der Waals surface area (Å²) in [4.78, 5) is 0. The zero-order valence-electron chi connectivity index (χ0n) is 9.63. The Bertz CT molecular complexity index is 328. The molecular formula is C13H18BrNO. The Hall–Kier alpha value is -0.540. The summed E-state index contributed by atoms with van der Waals surface area (Å²) in [5, 5.41) is 3.51. The van der Waals surface area contributed by atoms with Gasteiger partial charge in [-0.3, -0.25) is 0 Å². The Balaban J connectivity index is 1.88. The summed E-state index contributed by atoms with van der Waals surface area (Å²) in [7, 11) is 0. The van der Waals surface area contributed by atoms with Crippen molar-refractivity contribution in [2.24, 2.45) is 5.92 Å². The Morgan fingerprint density at radius 1 is 1.31 bits per heavy atom. The maximum absolute atomic E-state index is 5.35. The van der Waals surface area contributed by atoms with Crippen molar-refractivity contribution < 1.29 is 4.74 Å². The number of benzene rings is 1. The molecule has 0 amide bonds. The lowest BCUT2D eigenvalue weighted by Crippen LogP contribution is -2.22. The van der Waals surface area contributed by atoms with Crippen molar-refractivity contribution >= 4 is 21.6 Å². The molecular weight excluding hydrogens is 266 g/mol. The molecule has 0 bridgehead atoms. The molecule has 16 heavy (non-hydrogen) atoms. The molecule has 2 rings (SSSR count). The predicted molar refractivity (Wildman–Crippen MR) is 70.9 cm³/mol. The molecule has 0 aromatic heterocycles. The van der Waals surface area contributed by atoms with Crippen molar-refractivity contribution in [3.63, 3.8) is 0 Å². The van der Waals surface area contributed by atoms with E-state index in [9.17, 15) is 0 Å². The highest BCUT2D eigenvalue weighted by Gasteiger charge is 2.13. The second kappa shape index (κ2) is 5.69. The van der Waals surface area contributed by atoms with E-state index in [2.05, 4.69) is 46.4 Å². The zero-order chi connectivity index (χ0) is 11.4. The summed E-state index contributed by atoms with van der Waals surface area (Å²) in [6, 6.07) is 6.44. The molecule has 1 heterocycles. The Morgan fingerprint density at radius 3 is 2.75 bits per heavy atom. The highest BCUT2D eigenvalue weighted by atomic mass is 79.9. The second-order valence-corrected chi connectivity index (χ2v) is 5.37. The summed E-state index contributed by atoms with van der Waals surface area (Å²) in [5.74, 6) is 0.757. The Kier molecular flexibility index (Phi) is 4.24. The third kappa shape index (κ3) is 3.49. The maximum Gasteiger partial charge on any atom is 0.0469 e. The van der Waals surface area contributed by atoms with Gasteiger partial charge in [-0.25, -0.2) is 0 Å². The van der Waals surface area contributed by atoms with Gasteiger partial charge < -0.3 is 10.1 Å². The van der Waals surface area contributed by atoms with Gasteiger partial charge in [0.05, 0.1) is 0 Å². The van der Waals surface area contributed by atoms with Gasteiger partial charge in [0.15, 0.2) is 0 Å². The summed E-state index contributed by atoms with van der Waals surface area (Å²) >= 11 is 3.52. The van der Waals surface area contributed by atoms with Crippen molar-refractivity contribution in [3.8, 4) is 0 Å². The van der Waals surface area contributed by atoms with Gasteiger partial charge in [-0.15, -0.1) is 0 Å². The molecule has 0 saturated carbocycles. The summed E-state index contributed by atoms with van der Waals surface area (Å²) < 4.78 is 6.50. The molecule has 1 aliphatic rings.